The molecule has 0 atom stereocenters. The topological polar surface area (TPSA) is 95.2 Å². The molecule has 8 nitrogen and oxygen atoms in total. The van der Waals surface area contributed by atoms with E-state index in [2.05, 4.69) is 10.4 Å². The van der Waals surface area contributed by atoms with Gasteiger partial charge in [-0.2, -0.15) is 5.10 Å². The summed E-state index contributed by atoms with van der Waals surface area (Å²) in [4.78, 5) is 35.7. The molecule has 0 bridgehead atoms. The number of rotatable bonds is 5. The van der Waals surface area contributed by atoms with Crippen molar-refractivity contribution >= 4 is 17.7 Å². The number of nitrogens with one attached hydrogen (secondary N) is 1. The maximum absolute atomic E-state index is 12.4. The van der Waals surface area contributed by atoms with Crippen LogP contribution in [-0.2, 0) is 23.1 Å². The maximum Gasteiger partial charge on any atom is 0.343 e. The number of esters is 1. The molecule has 0 saturated carbocycles. The van der Waals surface area contributed by atoms with Crippen LogP contribution in [0.2, 0.25) is 0 Å². The zero-order valence-electron chi connectivity index (χ0n) is 14.1. The first-order valence-electron chi connectivity index (χ1n) is 7.50. The van der Waals surface area contributed by atoms with Crippen molar-refractivity contribution in [1.82, 2.24) is 14.3 Å². The molecule has 1 N–H and O–H groups in total. The fraction of sp³-hybridized carbons (Fsp3) is 0.375. The number of amides is 1. The average Bonchev–Trinajstić information content (AvgIpc) is 2.84. The number of aromatic nitrogens is 3. The summed E-state index contributed by atoms with van der Waals surface area (Å²) in [5.74, 6) is -0.606. The lowest BCUT2D eigenvalue weighted by Gasteiger charge is -2.14. The first kappa shape index (κ1) is 17.5. The normalized spacial score (nSPS) is 10.5. The third-order valence-corrected chi connectivity index (χ3v) is 3.55. The molecule has 2 rings (SSSR count). The van der Waals surface area contributed by atoms with E-state index in [1.165, 1.54) is 23.0 Å². The summed E-state index contributed by atoms with van der Waals surface area (Å²) in [5.41, 5.74) is 1.47. The molecule has 0 aliphatic rings. The zero-order valence-corrected chi connectivity index (χ0v) is 14.1. The van der Waals surface area contributed by atoms with E-state index < -0.39 is 5.97 Å². The van der Waals surface area contributed by atoms with Gasteiger partial charge in [0.1, 0.15) is 17.9 Å². The predicted octanol–water partition coefficient (Wildman–Crippen LogP) is 1.01. The quantitative estimate of drug-likeness (QED) is 0.825. The SMILES string of the molecule is CCOC(=O)c1cnn(C)c1NC(=O)Cn1c(C)cc(=O)cc1C. The highest BCUT2D eigenvalue weighted by atomic mass is 16.5. The van der Waals surface area contributed by atoms with Crippen LogP contribution in [-0.4, -0.2) is 32.8 Å². The summed E-state index contributed by atoms with van der Waals surface area (Å²) in [6, 6.07) is 2.93. The Hall–Kier alpha value is -2.90. The molecule has 0 aliphatic heterocycles. The number of anilines is 1. The van der Waals surface area contributed by atoms with Gasteiger partial charge in [0.25, 0.3) is 0 Å². The van der Waals surface area contributed by atoms with Crippen molar-refractivity contribution < 1.29 is 14.3 Å². The Morgan fingerprint density at radius 1 is 1.25 bits per heavy atom. The summed E-state index contributed by atoms with van der Waals surface area (Å²) in [5, 5.41) is 6.66. The molecule has 128 valence electrons. The highest BCUT2D eigenvalue weighted by molar-refractivity contribution is 6.00. The van der Waals surface area contributed by atoms with Crippen LogP contribution in [0, 0.1) is 13.8 Å². The fourth-order valence-corrected chi connectivity index (χ4v) is 2.40. The van der Waals surface area contributed by atoms with Gasteiger partial charge in [-0.15, -0.1) is 0 Å². The molecule has 8 heteroatoms. The van der Waals surface area contributed by atoms with E-state index in [-0.39, 0.29) is 35.9 Å². The van der Waals surface area contributed by atoms with E-state index >= 15 is 0 Å². The van der Waals surface area contributed by atoms with E-state index in [1.807, 2.05) is 0 Å². The van der Waals surface area contributed by atoms with Gasteiger partial charge < -0.3 is 14.6 Å². The number of ether oxygens (including phenoxy) is 1. The Bertz CT molecular complexity index is 809. The summed E-state index contributed by atoms with van der Waals surface area (Å²) in [6.07, 6.45) is 1.35. The Labute approximate surface area is 139 Å². The molecule has 2 heterocycles. The van der Waals surface area contributed by atoms with Crippen LogP contribution in [0.4, 0.5) is 5.82 Å². The van der Waals surface area contributed by atoms with Gasteiger partial charge in [0.15, 0.2) is 5.43 Å². The van der Waals surface area contributed by atoms with Crippen molar-refractivity contribution in [2.75, 3.05) is 11.9 Å². The van der Waals surface area contributed by atoms with Crippen LogP contribution < -0.4 is 10.7 Å². The molecule has 0 fully saturated rings. The van der Waals surface area contributed by atoms with E-state index in [9.17, 15) is 14.4 Å². The van der Waals surface area contributed by atoms with Crippen LogP contribution >= 0.6 is 0 Å². The zero-order chi connectivity index (χ0) is 17.9. The van der Waals surface area contributed by atoms with E-state index in [4.69, 9.17) is 4.74 Å². The highest BCUT2D eigenvalue weighted by Gasteiger charge is 2.19. The van der Waals surface area contributed by atoms with Gasteiger partial charge in [-0.3, -0.25) is 14.3 Å². The summed E-state index contributed by atoms with van der Waals surface area (Å²) >= 11 is 0. The average molecular weight is 332 g/mol. The summed E-state index contributed by atoms with van der Waals surface area (Å²) in [6.45, 7) is 5.47. The smallest absolute Gasteiger partial charge is 0.343 e. The number of carbonyl (C=O) groups is 2. The lowest BCUT2D eigenvalue weighted by atomic mass is 10.3. The molecule has 2 aromatic heterocycles. The van der Waals surface area contributed by atoms with Crippen LogP contribution in [0.5, 0.6) is 0 Å². The van der Waals surface area contributed by atoms with Gasteiger partial charge in [-0.25, -0.2) is 4.79 Å². The predicted molar refractivity (Wildman–Crippen MR) is 88.0 cm³/mol. The Morgan fingerprint density at radius 3 is 2.46 bits per heavy atom. The van der Waals surface area contributed by atoms with Crippen molar-refractivity contribution in [3.05, 3.63) is 45.5 Å². The summed E-state index contributed by atoms with van der Waals surface area (Å²) < 4.78 is 8.07. The van der Waals surface area contributed by atoms with Crippen molar-refractivity contribution in [1.29, 1.82) is 0 Å². The minimum Gasteiger partial charge on any atom is -0.462 e. The van der Waals surface area contributed by atoms with Crippen molar-refractivity contribution in [2.45, 2.75) is 27.3 Å². The number of nitrogens with zero attached hydrogens (tertiary/aromatic N) is 3. The molecule has 1 amide bonds. The molecule has 2 aromatic rings. The number of aryl methyl sites for hydroxylation is 3. The molecule has 0 radical (unpaired) electrons. The number of pyridine rings is 1. The third-order valence-electron chi connectivity index (χ3n) is 3.55. The number of hydrogen-bond donors (Lipinski definition) is 1. The third kappa shape index (κ3) is 3.70. The monoisotopic (exact) mass is 332 g/mol. The number of carbonyl (C=O) groups excluding carboxylic acids is 2. The van der Waals surface area contributed by atoms with Crippen LogP contribution in [0.15, 0.2) is 23.1 Å². The first-order chi connectivity index (χ1) is 11.3. The van der Waals surface area contributed by atoms with Gasteiger partial charge in [-0.1, -0.05) is 0 Å². The lowest BCUT2D eigenvalue weighted by molar-refractivity contribution is -0.116. The minimum atomic E-state index is -0.545. The second kappa shape index (κ2) is 7.12. The molecule has 0 saturated heterocycles. The molecule has 0 aromatic carbocycles. The van der Waals surface area contributed by atoms with Gasteiger partial charge in [0, 0.05) is 30.6 Å². The van der Waals surface area contributed by atoms with E-state index in [1.54, 1.807) is 32.4 Å². The standard InChI is InChI=1S/C16H20N4O4/c1-5-24-16(23)13-8-17-19(4)15(13)18-14(22)9-20-10(2)6-12(21)7-11(20)3/h6-8H,5,9H2,1-4H3,(H,18,22). The van der Waals surface area contributed by atoms with Crippen molar-refractivity contribution in [3.8, 4) is 0 Å². The molecular formula is C16H20N4O4. The fourth-order valence-electron chi connectivity index (χ4n) is 2.40. The Kier molecular flexibility index (Phi) is 5.18. The molecule has 0 aliphatic carbocycles. The van der Waals surface area contributed by atoms with Crippen LogP contribution in [0.3, 0.4) is 0 Å². The van der Waals surface area contributed by atoms with Crippen molar-refractivity contribution in [2.24, 2.45) is 7.05 Å². The number of hydrogen-bond acceptors (Lipinski definition) is 5. The minimum absolute atomic E-state index is 0.0192. The largest absolute Gasteiger partial charge is 0.462 e. The highest BCUT2D eigenvalue weighted by Crippen LogP contribution is 2.15. The van der Waals surface area contributed by atoms with Gasteiger partial charge in [-0.05, 0) is 20.8 Å². The first-order valence-corrected chi connectivity index (χ1v) is 7.50. The molecular weight excluding hydrogens is 312 g/mol. The van der Waals surface area contributed by atoms with E-state index in [0.717, 1.165) is 0 Å². The lowest BCUT2D eigenvalue weighted by Crippen LogP contribution is -2.25. The van der Waals surface area contributed by atoms with Gasteiger partial charge >= 0.3 is 5.97 Å². The summed E-state index contributed by atoms with van der Waals surface area (Å²) in [7, 11) is 1.62. The second-order valence-corrected chi connectivity index (χ2v) is 5.36. The Balaban J connectivity index is 2.21. The Morgan fingerprint density at radius 2 is 1.88 bits per heavy atom. The molecule has 0 spiro atoms. The van der Waals surface area contributed by atoms with Crippen molar-refractivity contribution in [3.63, 3.8) is 0 Å². The molecule has 24 heavy (non-hydrogen) atoms. The van der Waals surface area contributed by atoms with Gasteiger partial charge in [0.2, 0.25) is 5.91 Å². The second-order valence-electron chi connectivity index (χ2n) is 5.36. The van der Waals surface area contributed by atoms with Crippen LogP contribution in [0.25, 0.3) is 0 Å². The molecule has 0 unspecified atom stereocenters. The maximum atomic E-state index is 12.4. The van der Waals surface area contributed by atoms with Gasteiger partial charge in [0.05, 0.1) is 12.8 Å². The van der Waals surface area contributed by atoms with E-state index in [0.29, 0.717) is 11.4 Å². The van der Waals surface area contributed by atoms with Crippen LogP contribution in [0.1, 0.15) is 28.7 Å².